The molecule has 1 N–H and O–H groups in total. The first-order chi connectivity index (χ1) is 8.52. The van der Waals surface area contributed by atoms with Crippen LogP contribution in [0.4, 0.5) is 19.4 Å². The van der Waals surface area contributed by atoms with Crippen LogP contribution in [0.1, 0.15) is 33.3 Å². The molecule has 0 saturated heterocycles. The summed E-state index contributed by atoms with van der Waals surface area (Å²) in [5.74, 6) is -3.06. The fourth-order valence-corrected chi connectivity index (χ4v) is 1.71. The standard InChI is InChI=1S/C13H18F2N2O2/c1-12(2,3)9-6-5-7-16-10(9)17(11(18)19)8-13(4,14)15/h5-7H,8H2,1-4H3,(H,18,19). The highest BCUT2D eigenvalue weighted by atomic mass is 19.3. The van der Waals surface area contributed by atoms with E-state index in [1.54, 1.807) is 12.1 Å². The van der Waals surface area contributed by atoms with Crippen LogP contribution in [0.5, 0.6) is 0 Å². The lowest BCUT2D eigenvalue weighted by molar-refractivity contribution is 0.0297. The second kappa shape index (κ2) is 5.11. The van der Waals surface area contributed by atoms with Crippen molar-refractivity contribution < 1.29 is 18.7 Å². The molecule has 0 saturated carbocycles. The van der Waals surface area contributed by atoms with Crippen LogP contribution in [0.15, 0.2) is 18.3 Å². The first kappa shape index (κ1) is 15.3. The Kier molecular flexibility index (Phi) is 4.12. The molecule has 0 aromatic carbocycles. The Morgan fingerprint density at radius 1 is 1.37 bits per heavy atom. The van der Waals surface area contributed by atoms with Gasteiger partial charge < -0.3 is 5.11 Å². The predicted octanol–water partition coefficient (Wildman–Crippen LogP) is 3.52. The molecule has 19 heavy (non-hydrogen) atoms. The average molecular weight is 272 g/mol. The van der Waals surface area contributed by atoms with Gasteiger partial charge in [0.25, 0.3) is 5.92 Å². The largest absolute Gasteiger partial charge is 0.465 e. The van der Waals surface area contributed by atoms with Crippen molar-refractivity contribution >= 4 is 11.9 Å². The van der Waals surface area contributed by atoms with E-state index in [0.717, 1.165) is 0 Å². The Balaban J connectivity index is 3.28. The van der Waals surface area contributed by atoms with Crippen LogP contribution in [0.3, 0.4) is 0 Å². The number of alkyl halides is 2. The SMILES string of the molecule is CC(F)(F)CN(C(=O)O)c1ncccc1C(C)(C)C. The van der Waals surface area contributed by atoms with Gasteiger partial charge in [0.05, 0.1) is 6.54 Å². The maximum Gasteiger partial charge on any atom is 0.413 e. The lowest BCUT2D eigenvalue weighted by Crippen LogP contribution is -2.40. The van der Waals surface area contributed by atoms with Crippen LogP contribution in [0, 0.1) is 0 Å². The second-order valence-corrected chi connectivity index (χ2v) is 5.56. The molecule has 0 spiro atoms. The van der Waals surface area contributed by atoms with E-state index in [-0.39, 0.29) is 11.2 Å². The molecule has 0 aliphatic rings. The van der Waals surface area contributed by atoms with Gasteiger partial charge in [0.2, 0.25) is 0 Å². The van der Waals surface area contributed by atoms with Gasteiger partial charge in [-0.2, -0.15) is 0 Å². The number of hydrogen-bond donors (Lipinski definition) is 1. The molecule has 106 valence electrons. The molecule has 0 aliphatic heterocycles. The Labute approximate surface area is 111 Å². The summed E-state index contributed by atoms with van der Waals surface area (Å²) in [6, 6.07) is 3.36. The number of amides is 1. The first-order valence-electron chi connectivity index (χ1n) is 5.86. The highest BCUT2D eigenvalue weighted by molar-refractivity contribution is 5.86. The maximum atomic E-state index is 13.1. The third-order valence-electron chi connectivity index (χ3n) is 2.52. The number of rotatable bonds is 3. The number of carbonyl (C=O) groups is 1. The summed E-state index contributed by atoms with van der Waals surface area (Å²) in [5.41, 5.74) is 0.224. The summed E-state index contributed by atoms with van der Waals surface area (Å²) >= 11 is 0. The molecule has 0 atom stereocenters. The van der Waals surface area contributed by atoms with Gasteiger partial charge in [-0.25, -0.2) is 18.6 Å². The minimum Gasteiger partial charge on any atom is -0.465 e. The number of nitrogens with zero attached hydrogens (tertiary/aromatic N) is 2. The van der Waals surface area contributed by atoms with Crippen molar-refractivity contribution in [1.82, 2.24) is 4.98 Å². The summed E-state index contributed by atoms with van der Waals surface area (Å²) in [4.78, 5) is 15.8. The molecule has 0 unspecified atom stereocenters. The van der Waals surface area contributed by atoms with Gasteiger partial charge in [-0.3, -0.25) is 4.90 Å². The van der Waals surface area contributed by atoms with Crippen LogP contribution >= 0.6 is 0 Å². The van der Waals surface area contributed by atoms with E-state index in [1.165, 1.54) is 6.20 Å². The van der Waals surface area contributed by atoms with Gasteiger partial charge >= 0.3 is 6.09 Å². The summed E-state index contributed by atoms with van der Waals surface area (Å²) in [5, 5.41) is 9.13. The van der Waals surface area contributed by atoms with Gasteiger partial charge in [-0.1, -0.05) is 26.8 Å². The molecule has 0 bridgehead atoms. The first-order valence-corrected chi connectivity index (χ1v) is 5.86. The zero-order valence-electron chi connectivity index (χ0n) is 11.4. The third kappa shape index (κ3) is 4.15. The van der Waals surface area contributed by atoms with Crippen molar-refractivity contribution in [2.75, 3.05) is 11.4 Å². The van der Waals surface area contributed by atoms with Crippen LogP contribution in [0.2, 0.25) is 0 Å². The molecular weight excluding hydrogens is 254 g/mol. The van der Waals surface area contributed by atoms with E-state index in [9.17, 15) is 13.6 Å². The molecule has 0 fully saturated rings. The lowest BCUT2D eigenvalue weighted by atomic mass is 9.87. The molecule has 0 aliphatic carbocycles. The van der Waals surface area contributed by atoms with Crippen molar-refractivity contribution in [2.24, 2.45) is 0 Å². The zero-order valence-corrected chi connectivity index (χ0v) is 11.4. The number of hydrogen-bond acceptors (Lipinski definition) is 2. The van der Waals surface area contributed by atoms with Crippen molar-refractivity contribution in [3.05, 3.63) is 23.9 Å². The minimum absolute atomic E-state index is 0.0593. The summed E-state index contributed by atoms with van der Waals surface area (Å²) in [7, 11) is 0. The number of aromatic nitrogens is 1. The highest BCUT2D eigenvalue weighted by Gasteiger charge is 2.32. The fraction of sp³-hybridized carbons (Fsp3) is 0.538. The van der Waals surface area contributed by atoms with Gasteiger partial charge in [-0.05, 0) is 11.5 Å². The fourth-order valence-electron chi connectivity index (χ4n) is 1.71. The normalized spacial score (nSPS) is 12.3. The topological polar surface area (TPSA) is 53.4 Å². The number of pyridine rings is 1. The number of carboxylic acid groups (broad SMARTS) is 1. The molecular formula is C13H18F2N2O2. The van der Waals surface area contributed by atoms with Crippen molar-refractivity contribution in [3.8, 4) is 0 Å². The quantitative estimate of drug-likeness (QED) is 0.916. The predicted molar refractivity (Wildman–Crippen MR) is 68.9 cm³/mol. The smallest absolute Gasteiger partial charge is 0.413 e. The van der Waals surface area contributed by atoms with Gasteiger partial charge in [0.1, 0.15) is 5.82 Å². The highest BCUT2D eigenvalue weighted by Crippen LogP contribution is 2.31. The molecule has 0 radical (unpaired) electrons. The van der Waals surface area contributed by atoms with E-state index >= 15 is 0 Å². The maximum absolute atomic E-state index is 13.1. The van der Waals surface area contributed by atoms with Crippen molar-refractivity contribution in [1.29, 1.82) is 0 Å². The van der Waals surface area contributed by atoms with E-state index < -0.39 is 18.6 Å². The summed E-state index contributed by atoms with van der Waals surface area (Å²) in [6.45, 7) is 5.39. The summed E-state index contributed by atoms with van der Waals surface area (Å²) in [6.07, 6.45) is -0.0420. The molecule has 1 aromatic rings. The molecule has 1 rings (SSSR count). The molecule has 1 aromatic heterocycles. The van der Waals surface area contributed by atoms with E-state index in [1.807, 2.05) is 20.8 Å². The van der Waals surface area contributed by atoms with E-state index in [0.29, 0.717) is 17.4 Å². The van der Waals surface area contributed by atoms with Crippen LogP contribution in [-0.4, -0.2) is 28.7 Å². The number of halogens is 2. The van der Waals surface area contributed by atoms with Gasteiger partial charge in [-0.15, -0.1) is 0 Å². The lowest BCUT2D eigenvalue weighted by Gasteiger charge is -2.28. The van der Waals surface area contributed by atoms with Crippen LogP contribution in [-0.2, 0) is 5.41 Å². The Bertz CT molecular complexity index is 464. The molecule has 6 heteroatoms. The van der Waals surface area contributed by atoms with E-state index in [4.69, 9.17) is 5.11 Å². The molecule has 4 nitrogen and oxygen atoms in total. The van der Waals surface area contributed by atoms with Crippen molar-refractivity contribution in [2.45, 2.75) is 39.0 Å². The Hall–Kier alpha value is -1.72. The monoisotopic (exact) mass is 272 g/mol. The Morgan fingerprint density at radius 2 is 1.95 bits per heavy atom. The molecule has 1 heterocycles. The van der Waals surface area contributed by atoms with E-state index in [2.05, 4.69) is 4.98 Å². The van der Waals surface area contributed by atoms with Gasteiger partial charge in [0.15, 0.2) is 0 Å². The van der Waals surface area contributed by atoms with Crippen LogP contribution < -0.4 is 4.90 Å². The number of anilines is 1. The molecule has 1 amide bonds. The summed E-state index contributed by atoms with van der Waals surface area (Å²) < 4.78 is 26.2. The van der Waals surface area contributed by atoms with Crippen LogP contribution in [0.25, 0.3) is 0 Å². The van der Waals surface area contributed by atoms with Crippen molar-refractivity contribution in [3.63, 3.8) is 0 Å². The zero-order chi connectivity index (χ0) is 14.8. The van der Waals surface area contributed by atoms with Gasteiger partial charge in [0, 0.05) is 18.7 Å². The minimum atomic E-state index is -3.12. The Morgan fingerprint density at radius 3 is 2.37 bits per heavy atom. The average Bonchev–Trinajstić information content (AvgIpc) is 2.23. The third-order valence-corrected chi connectivity index (χ3v) is 2.52. The second-order valence-electron chi connectivity index (χ2n) is 5.56.